The van der Waals surface area contributed by atoms with Crippen LogP contribution in [0.1, 0.15) is 20.8 Å². The van der Waals surface area contributed by atoms with E-state index in [1.165, 1.54) is 0 Å². The lowest BCUT2D eigenvalue weighted by molar-refractivity contribution is 0.174. The van der Waals surface area contributed by atoms with E-state index < -0.39 is 7.12 Å². The highest BCUT2D eigenvalue weighted by Crippen LogP contribution is 2.13. The van der Waals surface area contributed by atoms with Gasteiger partial charge < -0.3 is 24.6 Å². The summed E-state index contributed by atoms with van der Waals surface area (Å²) in [6, 6.07) is 7.25. The SMILES string of the molecule is COc1cccc(B(O)OCC(C)(C)C)c1.OCCO. The van der Waals surface area contributed by atoms with Gasteiger partial charge >= 0.3 is 7.12 Å². The van der Waals surface area contributed by atoms with Crippen molar-refractivity contribution >= 4 is 12.6 Å². The number of methoxy groups -OCH3 is 1. The third kappa shape index (κ3) is 8.93. The van der Waals surface area contributed by atoms with E-state index in [4.69, 9.17) is 19.6 Å². The summed E-state index contributed by atoms with van der Waals surface area (Å²) in [6.07, 6.45) is 0. The first-order valence-electron chi connectivity index (χ1n) is 6.49. The van der Waals surface area contributed by atoms with Crippen molar-refractivity contribution in [2.75, 3.05) is 26.9 Å². The highest BCUT2D eigenvalue weighted by atomic mass is 16.5. The van der Waals surface area contributed by atoms with Crippen LogP contribution in [-0.2, 0) is 4.65 Å². The van der Waals surface area contributed by atoms with Crippen molar-refractivity contribution < 1.29 is 24.6 Å². The van der Waals surface area contributed by atoms with Crippen LogP contribution < -0.4 is 10.2 Å². The Bertz CT molecular complexity index is 363. The smallest absolute Gasteiger partial charge is 0.491 e. The predicted molar refractivity (Wildman–Crippen MR) is 80.2 cm³/mol. The molecular weight excluding hydrogens is 259 g/mol. The van der Waals surface area contributed by atoms with Crippen LogP contribution in [0.2, 0.25) is 0 Å². The van der Waals surface area contributed by atoms with E-state index in [2.05, 4.69) is 20.8 Å². The van der Waals surface area contributed by atoms with E-state index in [1.807, 2.05) is 18.2 Å². The minimum Gasteiger partial charge on any atom is -0.497 e. The summed E-state index contributed by atoms with van der Waals surface area (Å²) in [5.74, 6) is 0.718. The minimum atomic E-state index is -0.894. The molecule has 0 amide bonds. The van der Waals surface area contributed by atoms with Crippen LogP contribution >= 0.6 is 0 Å². The van der Waals surface area contributed by atoms with E-state index in [0.717, 1.165) is 5.75 Å². The van der Waals surface area contributed by atoms with Crippen molar-refractivity contribution in [3.05, 3.63) is 24.3 Å². The second kappa shape index (κ2) is 9.77. The first-order valence-corrected chi connectivity index (χ1v) is 6.49. The van der Waals surface area contributed by atoms with Crippen LogP contribution in [-0.4, -0.2) is 49.3 Å². The van der Waals surface area contributed by atoms with Crippen LogP contribution in [0.15, 0.2) is 24.3 Å². The molecule has 114 valence electrons. The molecule has 0 saturated carbocycles. The average molecular weight is 284 g/mol. The van der Waals surface area contributed by atoms with Crippen molar-refractivity contribution in [3.63, 3.8) is 0 Å². The van der Waals surface area contributed by atoms with E-state index in [1.54, 1.807) is 13.2 Å². The zero-order valence-corrected chi connectivity index (χ0v) is 12.7. The standard InChI is InChI=1S/C12H19BO3.C2H6O2/c1-12(2,3)9-16-13(14)10-6-5-7-11(8-10)15-4;3-1-2-4/h5-8,14H,9H2,1-4H3;3-4H,1-2H2. The normalized spacial score (nSPS) is 10.6. The minimum absolute atomic E-state index is 0.0415. The summed E-state index contributed by atoms with van der Waals surface area (Å²) in [6.45, 7) is 6.44. The Morgan fingerprint density at radius 3 is 2.20 bits per heavy atom. The molecule has 1 aromatic rings. The first-order chi connectivity index (χ1) is 9.34. The van der Waals surface area contributed by atoms with Gasteiger partial charge in [0.1, 0.15) is 5.75 Å². The molecule has 5 nitrogen and oxygen atoms in total. The largest absolute Gasteiger partial charge is 0.497 e. The molecule has 20 heavy (non-hydrogen) atoms. The second-order valence-electron chi connectivity index (χ2n) is 5.45. The molecule has 0 fully saturated rings. The highest BCUT2D eigenvalue weighted by molar-refractivity contribution is 6.60. The topological polar surface area (TPSA) is 79.2 Å². The molecule has 0 spiro atoms. The lowest BCUT2D eigenvalue weighted by Crippen LogP contribution is -2.36. The number of benzene rings is 1. The van der Waals surface area contributed by atoms with Gasteiger partial charge in [-0.1, -0.05) is 32.9 Å². The number of hydrogen-bond acceptors (Lipinski definition) is 5. The van der Waals surface area contributed by atoms with Crippen molar-refractivity contribution in [1.29, 1.82) is 0 Å². The quantitative estimate of drug-likeness (QED) is 0.683. The van der Waals surface area contributed by atoms with Crippen molar-refractivity contribution in [2.24, 2.45) is 5.41 Å². The molecule has 0 aliphatic rings. The van der Waals surface area contributed by atoms with Gasteiger partial charge in [0, 0.05) is 6.61 Å². The number of aliphatic hydroxyl groups excluding tert-OH is 2. The molecule has 3 N–H and O–H groups in total. The highest BCUT2D eigenvalue weighted by Gasteiger charge is 2.20. The average Bonchev–Trinajstić information content (AvgIpc) is 2.44. The molecular formula is C14H25BO5. The van der Waals surface area contributed by atoms with Gasteiger partial charge in [-0.15, -0.1) is 0 Å². The maximum absolute atomic E-state index is 9.83. The zero-order chi connectivity index (χ0) is 15.6. The van der Waals surface area contributed by atoms with Crippen molar-refractivity contribution in [1.82, 2.24) is 0 Å². The summed E-state index contributed by atoms with van der Waals surface area (Å²) < 4.78 is 10.5. The third-order valence-electron chi connectivity index (χ3n) is 2.15. The van der Waals surface area contributed by atoms with E-state index in [9.17, 15) is 5.02 Å². The fourth-order valence-electron chi connectivity index (χ4n) is 1.22. The number of aliphatic hydroxyl groups is 2. The second-order valence-corrected chi connectivity index (χ2v) is 5.45. The number of ether oxygens (including phenoxy) is 1. The maximum Gasteiger partial charge on any atom is 0.491 e. The molecule has 0 unspecified atom stereocenters. The number of hydrogen-bond donors (Lipinski definition) is 3. The van der Waals surface area contributed by atoms with Crippen molar-refractivity contribution in [2.45, 2.75) is 20.8 Å². The van der Waals surface area contributed by atoms with Gasteiger partial charge in [0.2, 0.25) is 0 Å². The Balaban J connectivity index is 0.000000796. The van der Waals surface area contributed by atoms with Crippen LogP contribution in [0.3, 0.4) is 0 Å². The van der Waals surface area contributed by atoms with Gasteiger partial charge in [0.25, 0.3) is 0 Å². The Hall–Kier alpha value is -1.08. The molecule has 0 aliphatic carbocycles. The number of rotatable bonds is 5. The van der Waals surface area contributed by atoms with Gasteiger partial charge in [0.05, 0.1) is 20.3 Å². The molecule has 0 aliphatic heterocycles. The van der Waals surface area contributed by atoms with Crippen LogP contribution in [0, 0.1) is 5.41 Å². The van der Waals surface area contributed by atoms with E-state index >= 15 is 0 Å². The molecule has 1 rings (SSSR count). The molecule has 0 radical (unpaired) electrons. The van der Waals surface area contributed by atoms with Crippen LogP contribution in [0.25, 0.3) is 0 Å². The third-order valence-corrected chi connectivity index (χ3v) is 2.15. The first kappa shape index (κ1) is 18.9. The molecule has 6 heteroatoms. The molecule has 0 heterocycles. The Labute approximate surface area is 121 Å². The van der Waals surface area contributed by atoms with Gasteiger partial charge in [-0.05, 0) is 23.0 Å². The molecule has 0 atom stereocenters. The van der Waals surface area contributed by atoms with Crippen LogP contribution in [0.4, 0.5) is 0 Å². The maximum atomic E-state index is 9.83. The summed E-state index contributed by atoms with van der Waals surface area (Å²) in [4.78, 5) is 0. The Morgan fingerprint density at radius 1 is 1.15 bits per heavy atom. The van der Waals surface area contributed by atoms with Gasteiger partial charge in [-0.2, -0.15) is 0 Å². The Kier molecular flexibility index (Phi) is 9.24. The summed E-state index contributed by atoms with van der Waals surface area (Å²) in [7, 11) is 0.705. The Morgan fingerprint density at radius 2 is 1.75 bits per heavy atom. The van der Waals surface area contributed by atoms with Gasteiger partial charge in [0.15, 0.2) is 0 Å². The predicted octanol–water partition coefficient (Wildman–Crippen LogP) is 0.416. The van der Waals surface area contributed by atoms with Gasteiger partial charge in [-0.3, -0.25) is 0 Å². The summed E-state index contributed by atoms with van der Waals surface area (Å²) >= 11 is 0. The summed E-state index contributed by atoms with van der Waals surface area (Å²) in [5, 5.41) is 25.1. The van der Waals surface area contributed by atoms with Crippen molar-refractivity contribution in [3.8, 4) is 5.75 Å². The molecule has 0 saturated heterocycles. The monoisotopic (exact) mass is 284 g/mol. The molecule has 0 aromatic heterocycles. The lowest BCUT2D eigenvalue weighted by atomic mass is 9.79. The van der Waals surface area contributed by atoms with Crippen LogP contribution in [0.5, 0.6) is 5.75 Å². The van der Waals surface area contributed by atoms with Gasteiger partial charge in [-0.25, -0.2) is 0 Å². The lowest BCUT2D eigenvalue weighted by Gasteiger charge is -2.19. The zero-order valence-electron chi connectivity index (χ0n) is 12.7. The van der Waals surface area contributed by atoms with E-state index in [-0.39, 0.29) is 18.6 Å². The van der Waals surface area contributed by atoms with E-state index in [0.29, 0.717) is 12.1 Å². The fraction of sp³-hybridized carbons (Fsp3) is 0.571. The summed E-state index contributed by atoms with van der Waals surface area (Å²) in [5.41, 5.74) is 0.753. The fourth-order valence-corrected chi connectivity index (χ4v) is 1.22. The molecule has 0 bridgehead atoms. The molecule has 1 aromatic carbocycles.